The van der Waals surface area contributed by atoms with Crippen LogP contribution in [0.3, 0.4) is 0 Å². The minimum Gasteiger partial charge on any atom is -0.397 e. The van der Waals surface area contributed by atoms with Gasteiger partial charge >= 0.3 is 0 Å². The van der Waals surface area contributed by atoms with Gasteiger partial charge in [-0.2, -0.15) is 0 Å². The fraction of sp³-hybridized carbons (Fsp3) is 0.214. The summed E-state index contributed by atoms with van der Waals surface area (Å²) in [6, 6.07) is 8.25. The Morgan fingerprint density at radius 1 is 1.06 bits per heavy atom. The lowest BCUT2D eigenvalue weighted by Gasteiger charge is -2.10. The van der Waals surface area contributed by atoms with Crippen LogP contribution in [0.4, 0.5) is 17.2 Å². The largest absolute Gasteiger partial charge is 0.397 e. The fourth-order valence-corrected chi connectivity index (χ4v) is 1.73. The van der Waals surface area contributed by atoms with Gasteiger partial charge in [-0.25, -0.2) is 4.98 Å². The van der Waals surface area contributed by atoms with E-state index in [4.69, 9.17) is 5.73 Å². The standard InChI is InChI=1S/C14H17N3/c1-9-4-5-13(11(3)6-9)17-14-7-10(2)12(15)8-16-14/h4-8H,15H2,1-3H3,(H,16,17). The molecule has 0 saturated heterocycles. The molecule has 0 aliphatic heterocycles. The number of pyridine rings is 1. The molecule has 2 rings (SSSR count). The van der Waals surface area contributed by atoms with Crippen LogP contribution in [0.1, 0.15) is 16.7 Å². The van der Waals surface area contributed by atoms with E-state index >= 15 is 0 Å². The third-order valence-electron chi connectivity index (χ3n) is 2.80. The molecule has 88 valence electrons. The Kier molecular flexibility index (Phi) is 3.00. The summed E-state index contributed by atoms with van der Waals surface area (Å²) in [4.78, 5) is 4.26. The summed E-state index contributed by atoms with van der Waals surface area (Å²) in [5, 5.41) is 3.30. The normalized spacial score (nSPS) is 10.3. The number of nitrogens with one attached hydrogen (secondary N) is 1. The third-order valence-corrected chi connectivity index (χ3v) is 2.80. The van der Waals surface area contributed by atoms with Crippen LogP contribution in [0.2, 0.25) is 0 Å². The van der Waals surface area contributed by atoms with Gasteiger partial charge in [0.15, 0.2) is 0 Å². The average Bonchev–Trinajstić information content (AvgIpc) is 2.27. The lowest BCUT2D eigenvalue weighted by atomic mass is 10.1. The fourth-order valence-electron chi connectivity index (χ4n) is 1.73. The Balaban J connectivity index is 2.28. The molecular formula is C14H17N3. The highest BCUT2D eigenvalue weighted by Crippen LogP contribution is 2.21. The van der Waals surface area contributed by atoms with Crippen LogP contribution in [0.25, 0.3) is 0 Å². The molecule has 1 aromatic heterocycles. The molecule has 0 spiro atoms. The van der Waals surface area contributed by atoms with Crippen LogP contribution in [0.15, 0.2) is 30.5 Å². The van der Waals surface area contributed by atoms with Gasteiger partial charge in [-0.1, -0.05) is 17.7 Å². The van der Waals surface area contributed by atoms with Crippen molar-refractivity contribution in [2.75, 3.05) is 11.1 Å². The van der Waals surface area contributed by atoms with Crippen molar-refractivity contribution in [3.63, 3.8) is 0 Å². The average molecular weight is 227 g/mol. The Hall–Kier alpha value is -2.03. The first-order valence-electron chi connectivity index (χ1n) is 5.62. The molecule has 0 aliphatic carbocycles. The van der Waals surface area contributed by atoms with E-state index in [9.17, 15) is 0 Å². The molecule has 0 aliphatic rings. The van der Waals surface area contributed by atoms with Crippen molar-refractivity contribution in [3.8, 4) is 0 Å². The summed E-state index contributed by atoms with van der Waals surface area (Å²) in [5.41, 5.74) is 11.0. The first-order valence-corrected chi connectivity index (χ1v) is 5.62. The molecule has 0 unspecified atom stereocenters. The van der Waals surface area contributed by atoms with Gasteiger partial charge < -0.3 is 11.1 Å². The summed E-state index contributed by atoms with van der Waals surface area (Å²) in [5.74, 6) is 0.823. The number of nitrogens with zero attached hydrogens (tertiary/aromatic N) is 1. The van der Waals surface area contributed by atoms with E-state index in [1.807, 2.05) is 13.0 Å². The van der Waals surface area contributed by atoms with Crippen molar-refractivity contribution >= 4 is 17.2 Å². The molecular weight excluding hydrogens is 210 g/mol. The maximum absolute atomic E-state index is 5.74. The van der Waals surface area contributed by atoms with Crippen LogP contribution in [-0.4, -0.2) is 4.98 Å². The number of aryl methyl sites for hydroxylation is 3. The summed E-state index contributed by atoms with van der Waals surface area (Å²) in [7, 11) is 0. The molecule has 1 aromatic carbocycles. The molecule has 1 heterocycles. The van der Waals surface area contributed by atoms with Crippen molar-refractivity contribution in [1.82, 2.24) is 4.98 Å². The smallest absolute Gasteiger partial charge is 0.130 e. The predicted molar refractivity (Wildman–Crippen MR) is 72.6 cm³/mol. The van der Waals surface area contributed by atoms with Gasteiger partial charge in [-0.15, -0.1) is 0 Å². The maximum atomic E-state index is 5.74. The van der Waals surface area contributed by atoms with Gasteiger partial charge in [0, 0.05) is 5.69 Å². The highest BCUT2D eigenvalue weighted by atomic mass is 15.0. The van der Waals surface area contributed by atoms with Gasteiger partial charge in [0.05, 0.1) is 11.9 Å². The second-order valence-corrected chi connectivity index (χ2v) is 4.37. The lowest BCUT2D eigenvalue weighted by molar-refractivity contribution is 1.26. The molecule has 0 saturated carbocycles. The predicted octanol–water partition coefficient (Wildman–Crippen LogP) is 3.33. The quantitative estimate of drug-likeness (QED) is 0.827. The van der Waals surface area contributed by atoms with Crippen molar-refractivity contribution in [1.29, 1.82) is 0 Å². The molecule has 3 N–H and O–H groups in total. The monoisotopic (exact) mass is 227 g/mol. The number of nitrogens with two attached hydrogens (primary N) is 1. The number of anilines is 3. The van der Waals surface area contributed by atoms with Gasteiger partial charge in [-0.3, -0.25) is 0 Å². The number of hydrogen-bond acceptors (Lipinski definition) is 3. The zero-order chi connectivity index (χ0) is 12.4. The molecule has 2 aromatic rings. The van der Waals surface area contributed by atoms with Crippen LogP contribution < -0.4 is 11.1 Å². The van der Waals surface area contributed by atoms with Crippen molar-refractivity contribution < 1.29 is 0 Å². The van der Waals surface area contributed by atoms with E-state index in [0.717, 1.165) is 22.8 Å². The minimum atomic E-state index is 0.719. The van der Waals surface area contributed by atoms with E-state index in [1.165, 1.54) is 11.1 Å². The maximum Gasteiger partial charge on any atom is 0.130 e. The van der Waals surface area contributed by atoms with E-state index < -0.39 is 0 Å². The summed E-state index contributed by atoms with van der Waals surface area (Å²) in [6.07, 6.45) is 1.68. The molecule has 3 heteroatoms. The number of benzene rings is 1. The SMILES string of the molecule is Cc1ccc(Nc2cc(C)c(N)cn2)c(C)c1. The summed E-state index contributed by atoms with van der Waals surface area (Å²) < 4.78 is 0. The van der Waals surface area contributed by atoms with Gasteiger partial charge in [0.1, 0.15) is 5.82 Å². The van der Waals surface area contributed by atoms with Crippen LogP contribution in [0, 0.1) is 20.8 Å². The number of rotatable bonds is 2. The minimum absolute atomic E-state index is 0.719. The van der Waals surface area contributed by atoms with Gasteiger partial charge in [0.2, 0.25) is 0 Å². The first-order chi connectivity index (χ1) is 8.06. The van der Waals surface area contributed by atoms with E-state index in [-0.39, 0.29) is 0 Å². The Morgan fingerprint density at radius 2 is 1.82 bits per heavy atom. The Bertz CT molecular complexity index is 547. The number of aromatic nitrogens is 1. The van der Waals surface area contributed by atoms with Crippen molar-refractivity contribution in [3.05, 3.63) is 47.2 Å². The highest BCUT2D eigenvalue weighted by molar-refractivity contribution is 5.63. The number of nitrogen functional groups attached to an aromatic ring is 1. The van der Waals surface area contributed by atoms with E-state index in [1.54, 1.807) is 6.20 Å². The van der Waals surface area contributed by atoms with Gasteiger partial charge in [-0.05, 0) is 44.0 Å². The third kappa shape index (κ3) is 2.56. The van der Waals surface area contributed by atoms with Crippen molar-refractivity contribution in [2.45, 2.75) is 20.8 Å². The van der Waals surface area contributed by atoms with E-state index in [2.05, 4.69) is 42.3 Å². The van der Waals surface area contributed by atoms with Crippen LogP contribution in [-0.2, 0) is 0 Å². The molecule has 0 atom stereocenters. The molecule has 0 bridgehead atoms. The molecule has 0 fully saturated rings. The molecule has 0 amide bonds. The first kappa shape index (κ1) is 11.5. The van der Waals surface area contributed by atoms with Crippen molar-refractivity contribution in [2.24, 2.45) is 0 Å². The number of hydrogen-bond donors (Lipinski definition) is 2. The van der Waals surface area contributed by atoms with E-state index in [0.29, 0.717) is 0 Å². The molecule has 17 heavy (non-hydrogen) atoms. The zero-order valence-electron chi connectivity index (χ0n) is 10.4. The Labute approximate surface area is 102 Å². The summed E-state index contributed by atoms with van der Waals surface area (Å²) >= 11 is 0. The van der Waals surface area contributed by atoms with Gasteiger partial charge in [0.25, 0.3) is 0 Å². The zero-order valence-corrected chi connectivity index (χ0v) is 10.4. The lowest BCUT2D eigenvalue weighted by Crippen LogP contribution is -1.98. The van der Waals surface area contributed by atoms with Crippen LogP contribution in [0.5, 0.6) is 0 Å². The Morgan fingerprint density at radius 3 is 2.47 bits per heavy atom. The molecule has 0 radical (unpaired) electrons. The van der Waals surface area contributed by atoms with Crippen LogP contribution >= 0.6 is 0 Å². The highest BCUT2D eigenvalue weighted by Gasteiger charge is 2.01. The topological polar surface area (TPSA) is 50.9 Å². The second-order valence-electron chi connectivity index (χ2n) is 4.37. The summed E-state index contributed by atoms with van der Waals surface area (Å²) in [6.45, 7) is 6.14. The second kappa shape index (κ2) is 4.45. The molecule has 3 nitrogen and oxygen atoms in total.